The Morgan fingerprint density at radius 3 is 3.11 bits per heavy atom. The van der Waals surface area contributed by atoms with Crippen molar-refractivity contribution >= 4 is 11.3 Å². The monoisotopic (exact) mass is 278 g/mol. The Kier molecular flexibility index (Phi) is 3.63. The van der Waals surface area contributed by atoms with Gasteiger partial charge in [-0.15, -0.1) is 21.5 Å². The Balaban J connectivity index is 1.68. The van der Waals surface area contributed by atoms with Crippen LogP contribution in [0.2, 0.25) is 0 Å². The van der Waals surface area contributed by atoms with Gasteiger partial charge in [-0.25, -0.2) is 0 Å². The van der Waals surface area contributed by atoms with Crippen molar-refractivity contribution in [3.8, 4) is 0 Å². The topological polar surface area (TPSA) is 43.2 Å². The fraction of sp³-hybridized carbons (Fsp3) is 0.538. The quantitative estimate of drug-likeness (QED) is 0.858. The molecule has 0 radical (unpaired) electrons. The van der Waals surface area contributed by atoms with Crippen LogP contribution in [0.5, 0.6) is 0 Å². The molecule has 1 saturated heterocycles. The number of thiophene rings is 1. The number of aryl methyl sites for hydroxylation is 2. The van der Waals surface area contributed by atoms with Crippen molar-refractivity contribution in [2.45, 2.75) is 19.6 Å². The van der Waals surface area contributed by atoms with Crippen LogP contribution < -0.4 is 0 Å². The van der Waals surface area contributed by atoms with E-state index in [1.807, 2.05) is 23.0 Å². The molecule has 2 aromatic rings. The molecule has 0 spiro atoms. The van der Waals surface area contributed by atoms with E-state index in [-0.39, 0.29) is 6.10 Å². The maximum Gasteiger partial charge on any atom is 0.163 e. The maximum atomic E-state index is 5.82. The Morgan fingerprint density at radius 1 is 1.53 bits per heavy atom. The van der Waals surface area contributed by atoms with Gasteiger partial charge in [0.25, 0.3) is 0 Å². The van der Waals surface area contributed by atoms with E-state index in [1.165, 1.54) is 10.4 Å². The molecule has 102 valence electrons. The second-order valence-corrected chi connectivity index (χ2v) is 5.92. The van der Waals surface area contributed by atoms with Crippen molar-refractivity contribution in [2.24, 2.45) is 7.05 Å². The lowest BCUT2D eigenvalue weighted by atomic mass is 10.2. The molecule has 1 unspecified atom stereocenters. The summed E-state index contributed by atoms with van der Waals surface area (Å²) in [6.45, 7) is 5.78. The smallest absolute Gasteiger partial charge is 0.163 e. The van der Waals surface area contributed by atoms with Crippen LogP contribution in [0.25, 0.3) is 0 Å². The third kappa shape index (κ3) is 2.70. The van der Waals surface area contributed by atoms with Gasteiger partial charge in [0.1, 0.15) is 12.4 Å². The van der Waals surface area contributed by atoms with Crippen LogP contribution in [-0.4, -0.2) is 39.4 Å². The molecule has 1 aliphatic heterocycles. The molecule has 2 aromatic heterocycles. The number of ether oxygens (including phenoxy) is 1. The highest BCUT2D eigenvalue weighted by Crippen LogP contribution is 2.23. The zero-order valence-electron chi connectivity index (χ0n) is 11.2. The van der Waals surface area contributed by atoms with Gasteiger partial charge in [0.05, 0.1) is 6.61 Å². The van der Waals surface area contributed by atoms with Crippen LogP contribution in [0.15, 0.2) is 17.8 Å². The van der Waals surface area contributed by atoms with Gasteiger partial charge in [-0.2, -0.15) is 0 Å². The lowest BCUT2D eigenvalue weighted by Gasteiger charge is -2.32. The number of nitrogens with zero attached hydrogens (tertiary/aromatic N) is 4. The first-order valence-corrected chi connectivity index (χ1v) is 7.33. The van der Waals surface area contributed by atoms with Gasteiger partial charge < -0.3 is 9.30 Å². The highest BCUT2D eigenvalue weighted by Gasteiger charge is 2.25. The minimum Gasteiger partial charge on any atom is -0.368 e. The van der Waals surface area contributed by atoms with E-state index in [0.29, 0.717) is 0 Å². The van der Waals surface area contributed by atoms with Crippen molar-refractivity contribution in [1.29, 1.82) is 0 Å². The molecule has 0 aromatic carbocycles. The summed E-state index contributed by atoms with van der Waals surface area (Å²) in [4.78, 5) is 3.88. The van der Waals surface area contributed by atoms with Crippen LogP contribution in [0.1, 0.15) is 22.4 Å². The molecule has 0 N–H and O–H groups in total. The predicted molar refractivity (Wildman–Crippen MR) is 74.0 cm³/mol. The largest absolute Gasteiger partial charge is 0.368 e. The summed E-state index contributed by atoms with van der Waals surface area (Å²) >= 11 is 1.83. The van der Waals surface area contributed by atoms with Gasteiger partial charge in [-0.3, -0.25) is 4.90 Å². The minimum absolute atomic E-state index is 0.0292. The highest BCUT2D eigenvalue weighted by atomic mass is 32.1. The van der Waals surface area contributed by atoms with Crippen LogP contribution in [0, 0.1) is 6.92 Å². The third-order valence-electron chi connectivity index (χ3n) is 3.52. The van der Waals surface area contributed by atoms with E-state index in [1.54, 1.807) is 6.33 Å². The number of rotatable bonds is 3. The lowest BCUT2D eigenvalue weighted by molar-refractivity contribution is -0.0383. The summed E-state index contributed by atoms with van der Waals surface area (Å²) in [5, 5.41) is 10.2. The molecular weight excluding hydrogens is 260 g/mol. The molecular formula is C13H18N4OS. The van der Waals surface area contributed by atoms with Crippen molar-refractivity contribution in [3.63, 3.8) is 0 Å². The lowest BCUT2D eigenvalue weighted by Crippen LogP contribution is -2.38. The first-order chi connectivity index (χ1) is 9.24. The number of aromatic nitrogens is 3. The predicted octanol–water partition coefficient (Wildman–Crippen LogP) is 1.76. The van der Waals surface area contributed by atoms with E-state index >= 15 is 0 Å². The zero-order chi connectivity index (χ0) is 13.2. The first-order valence-electron chi connectivity index (χ1n) is 6.45. The van der Waals surface area contributed by atoms with E-state index < -0.39 is 0 Å². The molecule has 0 bridgehead atoms. The number of hydrogen-bond donors (Lipinski definition) is 0. The van der Waals surface area contributed by atoms with Crippen LogP contribution >= 0.6 is 11.3 Å². The molecule has 0 aliphatic carbocycles. The summed E-state index contributed by atoms with van der Waals surface area (Å²) in [6.07, 6.45) is 1.75. The molecule has 3 heterocycles. The van der Waals surface area contributed by atoms with Gasteiger partial charge in [-0.05, 0) is 23.9 Å². The van der Waals surface area contributed by atoms with Crippen LogP contribution in [0.3, 0.4) is 0 Å². The molecule has 1 aliphatic rings. The Hall–Kier alpha value is -1.24. The Labute approximate surface area is 116 Å². The van der Waals surface area contributed by atoms with Crippen LogP contribution in [0.4, 0.5) is 0 Å². The maximum absolute atomic E-state index is 5.82. The molecule has 19 heavy (non-hydrogen) atoms. The molecule has 0 amide bonds. The van der Waals surface area contributed by atoms with Gasteiger partial charge in [-0.1, -0.05) is 0 Å². The summed E-state index contributed by atoms with van der Waals surface area (Å²) in [5.41, 5.74) is 1.38. The van der Waals surface area contributed by atoms with Crippen molar-refractivity contribution in [1.82, 2.24) is 19.7 Å². The number of morpholine rings is 1. The van der Waals surface area contributed by atoms with E-state index in [0.717, 1.165) is 32.1 Å². The SMILES string of the molecule is Cc1ccsc1CN1CCOC(c2nncn2C)C1. The summed E-state index contributed by atoms with van der Waals surface area (Å²) in [6, 6.07) is 2.18. The zero-order valence-corrected chi connectivity index (χ0v) is 12.1. The van der Waals surface area contributed by atoms with Crippen molar-refractivity contribution in [2.75, 3.05) is 19.7 Å². The van der Waals surface area contributed by atoms with E-state index in [4.69, 9.17) is 4.74 Å². The molecule has 3 rings (SSSR count). The van der Waals surface area contributed by atoms with Gasteiger partial charge in [0.2, 0.25) is 0 Å². The fourth-order valence-electron chi connectivity index (χ4n) is 2.36. The minimum atomic E-state index is 0.0292. The van der Waals surface area contributed by atoms with Gasteiger partial charge >= 0.3 is 0 Å². The van der Waals surface area contributed by atoms with Crippen molar-refractivity contribution < 1.29 is 4.74 Å². The third-order valence-corrected chi connectivity index (χ3v) is 4.53. The molecule has 1 fully saturated rings. The Bertz CT molecular complexity index is 550. The second-order valence-electron chi connectivity index (χ2n) is 4.92. The van der Waals surface area contributed by atoms with Crippen molar-refractivity contribution in [3.05, 3.63) is 34.0 Å². The molecule has 5 nitrogen and oxygen atoms in total. The van der Waals surface area contributed by atoms with Crippen LogP contribution in [-0.2, 0) is 18.3 Å². The average molecular weight is 278 g/mol. The molecule has 6 heteroatoms. The second kappa shape index (κ2) is 5.40. The summed E-state index contributed by atoms with van der Waals surface area (Å²) in [5.74, 6) is 0.910. The molecule has 0 saturated carbocycles. The molecule has 1 atom stereocenters. The average Bonchev–Trinajstić information content (AvgIpc) is 3.00. The Morgan fingerprint density at radius 2 is 2.42 bits per heavy atom. The van der Waals surface area contributed by atoms with E-state index in [2.05, 4.69) is 33.5 Å². The first kappa shape index (κ1) is 12.8. The van der Waals surface area contributed by atoms with Gasteiger partial charge in [0, 0.05) is 31.6 Å². The van der Waals surface area contributed by atoms with E-state index in [9.17, 15) is 0 Å². The summed E-state index contributed by atoms with van der Waals surface area (Å²) in [7, 11) is 1.96. The number of hydrogen-bond acceptors (Lipinski definition) is 5. The van der Waals surface area contributed by atoms with Gasteiger partial charge in [0.15, 0.2) is 5.82 Å². The fourth-order valence-corrected chi connectivity index (χ4v) is 3.30. The highest BCUT2D eigenvalue weighted by molar-refractivity contribution is 7.10. The standard InChI is InChI=1S/C13H18N4OS/c1-10-3-6-19-12(10)8-17-4-5-18-11(7-17)13-15-14-9-16(13)2/h3,6,9,11H,4-5,7-8H2,1-2H3. The summed E-state index contributed by atoms with van der Waals surface area (Å²) < 4.78 is 7.76. The normalized spacial score (nSPS) is 20.8.